The maximum atomic E-state index is 6.40. The average Bonchev–Trinajstić information content (AvgIpc) is 2.73. The lowest BCUT2D eigenvalue weighted by Crippen LogP contribution is -2.39. The first-order valence-corrected chi connectivity index (χ1v) is 7.14. The van der Waals surface area contributed by atoms with Crippen molar-refractivity contribution in [1.29, 1.82) is 0 Å². The number of rotatable bonds is 2. The third-order valence-corrected chi connectivity index (χ3v) is 5.46. The second kappa shape index (κ2) is 4.29. The molecule has 0 aromatic heterocycles. The van der Waals surface area contributed by atoms with Crippen molar-refractivity contribution in [3.63, 3.8) is 0 Å². The summed E-state index contributed by atoms with van der Waals surface area (Å²) in [4.78, 5) is 0. The highest BCUT2D eigenvalue weighted by atomic mass is 16.5. The van der Waals surface area contributed by atoms with Crippen molar-refractivity contribution in [1.82, 2.24) is 0 Å². The van der Waals surface area contributed by atoms with E-state index in [0.29, 0.717) is 0 Å². The Bertz CT molecular complexity index is 429. The Morgan fingerprint density at radius 1 is 1.50 bits per heavy atom. The minimum Gasteiger partial charge on any atom is -0.486 e. The van der Waals surface area contributed by atoms with E-state index < -0.39 is 0 Å². The van der Waals surface area contributed by atoms with Crippen LogP contribution >= 0.6 is 0 Å². The summed E-state index contributed by atoms with van der Waals surface area (Å²) in [5, 5.41) is 0. The molecule has 2 aliphatic rings. The molecule has 0 amide bonds. The van der Waals surface area contributed by atoms with Crippen LogP contribution in [0, 0.1) is 11.3 Å². The second-order valence-electron chi connectivity index (χ2n) is 6.10. The highest BCUT2D eigenvalue weighted by Crippen LogP contribution is 2.64. The largest absolute Gasteiger partial charge is 0.486 e. The third-order valence-electron chi connectivity index (χ3n) is 5.46. The molecule has 18 heavy (non-hydrogen) atoms. The van der Waals surface area contributed by atoms with Crippen LogP contribution in [0.5, 0.6) is 0 Å². The van der Waals surface area contributed by atoms with Gasteiger partial charge in [0.25, 0.3) is 0 Å². The van der Waals surface area contributed by atoms with E-state index in [1.54, 1.807) is 0 Å². The molecule has 0 bridgehead atoms. The van der Waals surface area contributed by atoms with Gasteiger partial charge in [-0.3, -0.25) is 0 Å². The zero-order valence-electron chi connectivity index (χ0n) is 12.5. The van der Waals surface area contributed by atoms with Crippen LogP contribution in [0.3, 0.4) is 0 Å². The lowest BCUT2D eigenvalue weighted by Gasteiger charge is -2.36. The molecular weight excluding hydrogens is 220 g/mol. The van der Waals surface area contributed by atoms with E-state index in [-0.39, 0.29) is 11.0 Å². The van der Waals surface area contributed by atoms with Gasteiger partial charge in [-0.05, 0) is 45.1 Å². The summed E-state index contributed by atoms with van der Waals surface area (Å²) >= 11 is 0. The van der Waals surface area contributed by atoms with Crippen LogP contribution in [-0.2, 0) is 4.74 Å². The normalized spacial score (nSPS) is 43.8. The number of ether oxygens (including phenoxy) is 1. The van der Waals surface area contributed by atoms with Crippen LogP contribution in [0.1, 0.15) is 53.9 Å². The number of allylic oxidation sites excluding steroid dienone is 4. The SMILES string of the molecule is C=C/C(C)=C1/OC2(C)CC[C@H](CC)C2(C)/C1=C/C. The monoisotopic (exact) mass is 246 g/mol. The Morgan fingerprint density at radius 2 is 2.17 bits per heavy atom. The van der Waals surface area contributed by atoms with E-state index in [4.69, 9.17) is 4.74 Å². The number of hydrogen-bond donors (Lipinski definition) is 0. The van der Waals surface area contributed by atoms with E-state index in [2.05, 4.69) is 47.3 Å². The minimum absolute atomic E-state index is 0.0326. The molecule has 0 radical (unpaired) electrons. The smallest absolute Gasteiger partial charge is 0.126 e. The van der Waals surface area contributed by atoms with E-state index in [9.17, 15) is 0 Å². The Kier molecular flexibility index (Phi) is 3.21. The van der Waals surface area contributed by atoms with Gasteiger partial charge in [-0.2, -0.15) is 0 Å². The summed E-state index contributed by atoms with van der Waals surface area (Å²) in [5.41, 5.74) is 2.69. The Morgan fingerprint density at radius 3 is 2.67 bits per heavy atom. The van der Waals surface area contributed by atoms with Crippen molar-refractivity contribution in [2.75, 3.05) is 0 Å². The van der Waals surface area contributed by atoms with E-state index in [0.717, 1.165) is 23.7 Å². The van der Waals surface area contributed by atoms with Gasteiger partial charge in [0.2, 0.25) is 0 Å². The number of fused-ring (bicyclic) bond motifs is 1. The molecule has 1 saturated heterocycles. The van der Waals surface area contributed by atoms with Gasteiger partial charge in [0.15, 0.2) is 0 Å². The van der Waals surface area contributed by atoms with Crippen molar-refractivity contribution in [2.45, 2.75) is 59.5 Å². The molecule has 0 aromatic rings. The summed E-state index contributed by atoms with van der Waals surface area (Å²) < 4.78 is 6.40. The molecule has 1 nitrogen and oxygen atoms in total. The molecular formula is C17H26O. The number of hydrogen-bond acceptors (Lipinski definition) is 1. The predicted octanol–water partition coefficient (Wildman–Crippen LogP) is 5.01. The molecule has 1 aliphatic heterocycles. The van der Waals surface area contributed by atoms with Gasteiger partial charge in [0.05, 0.1) is 0 Å². The quantitative estimate of drug-likeness (QED) is 0.665. The van der Waals surface area contributed by atoms with Crippen LogP contribution in [0.4, 0.5) is 0 Å². The highest BCUT2D eigenvalue weighted by molar-refractivity contribution is 5.46. The lowest BCUT2D eigenvalue weighted by molar-refractivity contribution is -0.00738. The first kappa shape index (κ1) is 13.5. The van der Waals surface area contributed by atoms with Gasteiger partial charge in [-0.1, -0.05) is 39.0 Å². The zero-order valence-corrected chi connectivity index (χ0v) is 12.5. The van der Waals surface area contributed by atoms with Crippen LogP contribution in [0.25, 0.3) is 0 Å². The molecule has 2 unspecified atom stereocenters. The van der Waals surface area contributed by atoms with E-state index in [1.807, 2.05) is 6.08 Å². The standard InChI is InChI=1S/C17H26O/c1-7-12(4)15-14(9-3)17(6)13(8-2)10-11-16(17,5)18-15/h7,9,13H,1,8,10-11H2,2-6H3/b14-9+,15-12+/t13-,16?,17?/m0/s1. The lowest BCUT2D eigenvalue weighted by atomic mass is 9.67. The minimum atomic E-state index is -0.0326. The van der Waals surface area contributed by atoms with Crippen LogP contribution < -0.4 is 0 Å². The molecule has 1 aliphatic carbocycles. The molecule has 0 spiro atoms. The van der Waals surface area contributed by atoms with E-state index in [1.165, 1.54) is 18.4 Å². The average molecular weight is 246 g/mol. The van der Waals surface area contributed by atoms with Crippen molar-refractivity contribution in [2.24, 2.45) is 11.3 Å². The second-order valence-corrected chi connectivity index (χ2v) is 6.10. The third kappa shape index (κ3) is 1.46. The van der Waals surface area contributed by atoms with Gasteiger partial charge >= 0.3 is 0 Å². The van der Waals surface area contributed by atoms with E-state index >= 15 is 0 Å². The van der Waals surface area contributed by atoms with Gasteiger partial charge in [0, 0.05) is 11.0 Å². The molecule has 1 heterocycles. The highest BCUT2D eigenvalue weighted by Gasteiger charge is 2.62. The first-order chi connectivity index (χ1) is 8.44. The van der Waals surface area contributed by atoms with Crippen LogP contribution in [0.15, 0.2) is 35.6 Å². The summed E-state index contributed by atoms with van der Waals surface area (Å²) in [5.74, 6) is 1.81. The first-order valence-electron chi connectivity index (χ1n) is 7.14. The Labute approximate surface area is 112 Å². The van der Waals surface area contributed by atoms with Crippen molar-refractivity contribution in [3.8, 4) is 0 Å². The summed E-state index contributed by atoms with van der Waals surface area (Å²) in [7, 11) is 0. The molecule has 0 aromatic carbocycles. The maximum absolute atomic E-state index is 6.40. The maximum Gasteiger partial charge on any atom is 0.126 e. The van der Waals surface area contributed by atoms with Gasteiger partial charge < -0.3 is 4.74 Å². The zero-order chi connectivity index (χ0) is 13.6. The van der Waals surface area contributed by atoms with Crippen LogP contribution in [0.2, 0.25) is 0 Å². The molecule has 0 N–H and O–H groups in total. The van der Waals surface area contributed by atoms with Crippen molar-refractivity contribution in [3.05, 3.63) is 35.6 Å². The molecule has 1 heteroatoms. The van der Waals surface area contributed by atoms with Crippen molar-refractivity contribution < 1.29 is 4.74 Å². The summed E-state index contributed by atoms with van der Waals surface area (Å²) in [6.45, 7) is 15.1. The molecule has 2 rings (SSSR count). The fraction of sp³-hybridized carbons (Fsp3) is 0.647. The predicted molar refractivity (Wildman–Crippen MR) is 77.3 cm³/mol. The van der Waals surface area contributed by atoms with Crippen LogP contribution in [-0.4, -0.2) is 5.60 Å². The Balaban J connectivity index is 2.60. The molecule has 2 fully saturated rings. The summed E-state index contributed by atoms with van der Waals surface area (Å²) in [6.07, 6.45) is 7.83. The van der Waals surface area contributed by atoms with Gasteiger partial charge in [-0.25, -0.2) is 0 Å². The molecule has 1 saturated carbocycles. The summed E-state index contributed by atoms with van der Waals surface area (Å²) in [6, 6.07) is 0. The topological polar surface area (TPSA) is 9.23 Å². The Hall–Kier alpha value is -0.980. The fourth-order valence-electron chi connectivity index (χ4n) is 4.04. The molecule has 3 atom stereocenters. The molecule has 100 valence electrons. The fourth-order valence-corrected chi connectivity index (χ4v) is 4.04. The van der Waals surface area contributed by atoms with Crippen molar-refractivity contribution >= 4 is 0 Å². The van der Waals surface area contributed by atoms with Gasteiger partial charge in [0.1, 0.15) is 11.4 Å². The van der Waals surface area contributed by atoms with Gasteiger partial charge in [-0.15, -0.1) is 0 Å².